The molecule has 0 rings (SSSR count). The molecule has 1 nitrogen and oxygen atoms in total. The fourth-order valence-electron chi connectivity index (χ4n) is 0. The van der Waals surface area contributed by atoms with Gasteiger partial charge in [-0.3, -0.25) is 0 Å². The van der Waals surface area contributed by atoms with Gasteiger partial charge < -0.3 is 0 Å². The minimum Gasteiger partial charge on any atom is 0 e. The molecule has 0 fully saturated rings. The zero-order chi connectivity index (χ0) is 2.00. The second-order valence-electron chi connectivity index (χ2n) is 0. The van der Waals surface area contributed by atoms with Crippen LogP contribution in [0.4, 0.5) is 0 Å². The van der Waals surface area contributed by atoms with Gasteiger partial charge in [0.15, 0.2) is 0 Å². The van der Waals surface area contributed by atoms with Gasteiger partial charge in [0, 0.05) is 21.7 Å². The molecule has 0 bridgehead atoms. The summed E-state index contributed by atoms with van der Waals surface area (Å²) in [7, 11) is 0. The summed E-state index contributed by atoms with van der Waals surface area (Å²) in [6.07, 6.45) is 0. The van der Waals surface area contributed by atoms with Crippen molar-refractivity contribution in [3.63, 3.8) is 0 Å². The third kappa shape index (κ3) is 8.89. The summed E-state index contributed by atoms with van der Waals surface area (Å²) >= 11 is -0.1000. The van der Waals surface area contributed by atoms with Gasteiger partial charge in [-0.05, 0) is 0 Å². The van der Waals surface area contributed by atoms with E-state index in [0.29, 0.717) is 0 Å². The molecular formula is H3InOSnTi. The normalized spacial score (nSPS) is 0.750. The second-order valence-corrected chi connectivity index (χ2v) is 0. The van der Waals surface area contributed by atoms with Crippen LogP contribution in [0.3, 0.4) is 0 Å². The van der Waals surface area contributed by atoms with Crippen molar-refractivity contribution >= 4 is 48.3 Å². The Morgan fingerprint density at radius 2 is 1.25 bits per heavy atom. The fraction of sp³-hybridized carbons (Fsp3) is 0. The van der Waals surface area contributed by atoms with E-state index in [0.717, 1.165) is 0 Å². The second kappa shape index (κ2) is 19.0. The first-order valence-electron chi connectivity index (χ1n) is 0.289. The Kier molecular flexibility index (Phi) is 78.0. The molecule has 0 aliphatic rings. The number of hydrogen-bond acceptors (Lipinski definition) is 1. The molecule has 2 radical (unpaired) electrons. The van der Waals surface area contributed by atoms with Crippen molar-refractivity contribution in [2.24, 2.45) is 0 Å². The van der Waals surface area contributed by atoms with Crippen molar-refractivity contribution in [1.82, 2.24) is 0 Å². The average molecular weight is 300 g/mol. The van der Waals surface area contributed by atoms with Crippen LogP contribution in [0.25, 0.3) is 0 Å². The molecule has 0 saturated heterocycles. The van der Waals surface area contributed by atoms with E-state index in [1.807, 2.05) is 0 Å². The van der Waals surface area contributed by atoms with E-state index < -0.39 is 0 Å². The first-order valence-corrected chi connectivity index (χ1v) is 1.94. The van der Waals surface area contributed by atoms with Gasteiger partial charge in [-0.2, -0.15) is 0 Å². The summed E-state index contributed by atoms with van der Waals surface area (Å²) in [5, 5.41) is 0. The molecule has 20 valence electrons. The zero-order valence-electron chi connectivity index (χ0n) is 2.32. The quantitative estimate of drug-likeness (QED) is 0.488. The summed E-state index contributed by atoms with van der Waals surface area (Å²) in [5.74, 6) is 0. The van der Waals surface area contributed by atoms with Crippen molar-refractivity contribution in [2.75, 3.05) is 0 Å². The van der Waals surface area contributed by atoms with Crippen LogP contribution in [0.15, 0.2) is 0 Å². The van der Waals surface area contributed by atoms with Gasteiger partial charge in [-0.25, -0.2) is 0 Å². The van der Waals surface area contributed by atoms with E-state index in [1.165, 1.54) is 0 Å². The Morgan fingerprint density at radius 3 is 1.25 bits per heavy atom. The molecule has 0 amide bonds. The van der Waals surface area contributed by atoms with E-state index in [4.69, 9.17) is 2.85 Å². The Bertz CT molecular complexity index is 8.00. The summed E-state index contributed by atoms with van der Waals surface area (Å²) in [4.78, 5) is 0. The van der Waals surface area contributed by atoms with E-state index in [-0.39, 0.29) is 70.0 Å². The minimum absolute atomic E-state index is 0. The summed E-state index contributed by atoms with van der Waals surface area (Å²) in [6.45, 7) is 0. The molecule has 0 aliphatic heterocycles. The van der Waals surface area contributed by atoms with Crippen LogP contribution in [0, 0.1) is 0 Å². The Balaban J connectivity index is -0.00000000500. The average Bonchev–Trinajstić information content (AvgIpc) is 1.00. The van der Waals surface area contributed by atoms with Crippen LogP contribution in [-0.2, 0) is 24.6 Å². The molecule has 0 N–H and O–H groups in total. The van der Waals surface area contributed by atoms with Crippen molar-refractivity contribution < 1.29 is 24.6 Å². The Hall–Kier alpha value is 2.18. The summed E-state index contributed by atoms with van der Waals surface area (Å²) < 4.78 is 8.42. The molecule has 4 heavy (non-hydrogen) atoms. The summed E-state index contributed by atoms with van der Waals surface area (Å²) in [6, 6.07) is 0. The number of hydrogen-bond donors (Lipinski definition) is 0. The van der Waals surface area contributed by atoms with Crippen LogP contribution >= 0.6 is 0 Å². The molecule has 0 heterocycles. The molecule has 0 spiro atoms. The third-order valence-electron chi connectivity index (χ3n) is 0. The SMILES string of the molecule is [O]=[InH].[SnH2].[Ti]. The maximum absolute atomic E-state index is 8.42. The molecule has 0 aromatic rings. The Labute approximate surface area is 71.8 Å². The fourth-order valence-corrected chi connectivity index (χ4v) is 0. The Morgan fingerprint density at radius 1 is 1.25 bits per heavy atom. The van der Waals surface area contributed by atoms with Crippen molar-refractivity contribution in [3.8, 4) is 0 Å². The van der Waals surface area contributed by atoms with Crippen molar-refractivity contribution in [1.29, 1.82) is 0 Å². The molecule has 0 unspecified atom stereocenters. The smallest absolute Gasteiger partial charge is 0 e. The molecular weight excluding hydrogens is 297 g/mol. The van der Waals surface area contributed by atoms with Crippen LogP contribution in [-0.4, -0.2) is 48.3 Å². The molecule has 0 aromatic carbocycles. The van der Waals surface area contributed by atoms with Crippen LogP contribution < -0.4 is 0 Å². The van der Waals surface area contributed by atoms with E-state index in [9.17, 15) is 0 Å². The van der Waals surface area contributed by atoms with Crippen LogP contribution in [0.5, 0.6) is 0 Å². The van der Waals surface area contributed by atoms with Crippen LogP contribution in [0.1, 0.15) is 0 Å². The van der Waals surface area contributed by atoms with Gasteiger partial charge in [-0.15, -0.1) is 0 Å². The van der Waals surface area contributed by atoms with E-state index in [1.54, 1.807) is 0 Å². The predicted octanol–water partition coefficient (Wildman–Crippen LogP) is -1.69. The molecule has 0 aromatic heterocycles. The molecule has 0 aliphatic carbocycles. The van der Waals surface area contributed by atoms with E-state index in [2.05, 4.69) is 0 Å². The topological polar surface area (TPSA) is 17.1 Å². The van der Waals surface area contributed by atoms with Gasteiger partial charge in [-0.1, -0.05) is 0 Å². The van der Waals surface area contributed by atoms with Crippen molar-refractivity contribution in [3.05, 3.63) is 0 Å². The monoisotopic (exact) mass is 302 g/mol. The van der Waals surface area contributed by atoms with Crippen LogP contribution in [0.2, 0.25) is 0 Å². The van der Waals surface area contributed by atoms with E-state index >= 15 is 0 Å². The van der Waals surface area contributed by atoms with Gasteiger partial charge >= 0.3 is 51.1 Å². The minimum atomic E-state index is -0.1000. The number of rotatable bonds is 0. The van der Waals surface area contributed by atoms with Gasteiger partial charge in [0.25, 0.3) is 0 Å². The maximum atomic E-state index is 8.42. The standard InChI is InChI=1S/In.O.Sn.Ti.3H. The zero-order valence-corrected chi connectivity index (χ0v) is 12.0. The van der Waals surface area contributed by atoms with Gasteiger partial charge in [0.2, 0.25) is 0 Å². The molecule has 4 heteroatoms. The first-order chi connectivity index (χ1) is 1.00. The third-order valence-corrected chi connectivity index (χ3v) is 0. The first kappa shape index (κ1) is 16.4. The molecule has 0 saturated carbocycles. The summed E-state index contributed by atoms with van der Waals surface area (Å²) in [5.41, 5.74) is 0. The maximum Gasteiger partial charge on any atom is 0 e. The van der Waals surface area contributed by atoms with Gasteiger partial charge in [0.1, 0.15) is 0 Å². The van der Waals surface area contributed by atoms with Gasteiger partial charge in [0.05, 0.1) is 0 Å². The largest absolute Gasteiger partial charge is 0 e. The van der Waals surface area contributed by atoms with Crippen molar-refractivity contribution in [2.45, 2.75) is 0 Å². The predicted molar refractivity (Wildman–Crippen MR) is 16.4 cm³/mol. The molecule has 0 atom stereocenters.